The number of ether oxygens (including phenoxy) is 1. The fourth-order valence-corrected chi connectivity index (χ4v) is 2.94. The summed E-state index contributed by atoms with van der Waals surface area (Å²) in [5.74, 6) is 0. The van der Waals surface area contributed by atoms with Crippen LogP contribution < -0.4 is 0 Å². The molecule has 0 radical (unpaired) electrons. The number of hydrogen-bond acceptors (Lipinski definition) is 5. The Morgan fingerprint density at radius 3 is 3.05 bits per heavy atom. The lowest BCUT2D eigenvalue weighted by atomic mass is 10.0. The van der Waals surface area contributed by atoms with Gasteiger partial charge in [-0.1, -0.05) is 11.3 Å². The third-order valence-corrected chi connectivity index (χ3v) is 4.02. The quantitative estimate of drug-likeness (QED) is 0.585. The lowest BCUT2D eigenvalue weighted by Crippen LogP contribution is -2.38. The average molecular weight is 302 g/mol. The predicted molar refractivity (Wildman–Crippen MR) is 82.1 cm³/mol. The molecular formula is C15H22N6O. The molecule has 2 aromatic heterocycles. The number of aryl methyl sites for hydroxylation is 2. The maximum atomic E-state index is 5.70. The molecule has 1 aliphatic rings. The molecule has 3 rings (SSSR count). The zero-order chi connectivity index (χ0) is 15.5. The Kier molecular flexibility index (Phi) is 4.35. The van der Waals surface area contributed by atoms with Gasteiger partial charge < -0.3 is 4.74 Å². The minimum absolute atomic E-state index is 0.123. The number of nitrogens with zero attached hydrogens (tertiary/aromatic N) is 6. The van der Waals surface area contributed by atoms with Crippen molar-refractivity contribution in [2.45, 2.75) is 19.0 Å². The topological polar surface area (TPSA) is 61.0 Å². The van der Waals surface area contributed by atoms with Crippen molar-refractivity contribution < 1.29 is 4.74 Å². The Morgan fingerprint density at radius 2 is 2.32 bits per heavy atom. The van der Waals surface area contributed by atoms with E-state index in [1.807, 2.05) is 35.9 Å². The molecule has 0 fully saturated rings. The van der Waals surface area contributed by atoms with Crippen molar-refractivity contribution in [2.75, 3.05) is 19.8 Å². The number of aromatic nitrogens is 5. The van der Waals surface area contributed by atoms with Crippen LogP contribution in [0.25, 0.3) is 0 Å². The second kappa shape index (κ2) is 6.41. The van der Waals surface area contributed by atoms with Gasteiger partial charge in [0.25, 0.3) is 0 Å². The van der Waals surface area contributed by atoms with Gasteiger partial charge in [-0.05, 0) is 0 Å². The van der Waals surface area contributed by atoms with E-state index >= 15 is 0 Å². The molecule has 0 aromatic carbocycles. The maximum absolute atomic E-state index is 5.70. The lowest BCUT2D eigenvalue weighted by molar-refractivity contribution is 0.0599. The van der Waals surface area contributed by atoms with E-state index in [0.29, 0.717) is 13.2 Å². The normalized spacial score (nSPS) is 18.4. The van der Waals surface area contributed by atoms with Gasteiger partial charge in [0, 0.05) is 45.4 Å². The Hall–Kier alpha value is -1.99. The standard InChI is InChI=1S/C15H22N6O/c1-4-7-22-11-14-15-13(20(3)18-17-15)5-6-21(14)10-12-8-16-19(2)9-12/h4,8-9,14H,1,5-7,10-11H2,2-3H3/t14-/m1/s1. The molecule has 0 unspecified atom stereocenters. The number of hydrogen-bond donors (Lipinski definition) is 0. The molecule has 22 heavy (non-hydrogen) atoms. The van der Waals surface area contributed by atoms with E-state index < -0.39 is 0 Å². The zero-order valence-electron chi connectivity index (χ0n) is 13.1. The summed E-state index contributed by atoms with van der Waals surface area (Å²) in [6.07, 6.45) is 6.69. The third kappa shape index (κ3) is 2.95. The van der Waals surface area contributed by atoms with Gasteiger partial charge in [-0.25, -0.2) is 0 Å². The largest absolute Gasteiger partial charge is 0.375 e. The first-order valence-electron chi connectivity index (χ1n) is 7.47. The van der Waals surface area contributed by atoms with Gasteiger partial charge in [0.2, 0.25) is 0 Å². The molecule has 0 N–H and O–H groups in total. The molecule has 2 aromatic rings. The molecule has 0 saturated heterocycles. The Labute approximate surface area is 130 Å². The van der Waals surface area contributed by atoms with Crippen molar-refractivity contribution in [3.05, 3.63) is 42.0 Å². The van der Waals surface area contributed by atoms with Gasteiger partial charge >= 0.3 is 0 Å². The van der Waals surface area contributed by atoms with Crippen LogP contribution in [-0.4, -0.2) is 49.4 Å². The van der Waals surface area contributed by atoms with Gasteiger partial charge in [0.05, 0.1) is 31.1 Å². The maximum Gasteiger partial charge on any atom is 0.105 e. The molecule has 0 amide bonds. The van der Waals surface area contributed by atoms with E-state index in [-0.39, 0.29) is 6.04 Å². The van der Waals surface area contributed by atoms with Gasteiger partial charge in [0.1, 0.15) is 5.69 Å². The van der Waals surface area contributed by atoms with Crippen LogP contribution in [0.15, 0.2) is 25.0 Å². The minimum Gasteiger partial charge on any atom is -0.375 e. The Bertz CT molecular complexity index is 646. The lowest BCUT2D eigenvalue weighted by Gasteiger charge is -2.34. The van der Waals surface area contributed by atoms with Crippen molar-refractivity contribution in [1.29, 1.82) is 0 Å². The highest BCUT2D eigenvalue weighted by Gasteiger charge is 2.31. The van der Waals surface area contributed by atoms with Crippen molar-refractivity contribution in [3.8, 4) is 0 Å². The summed E-state index contributed by atoms with van der Waals surface area (Å²) in [6.45, 7) is 6.65. The second-order valence-corrected chi connectivity index (χ2v) is 5.63. The van der Waals surface area contributed by atoms with Gasteiger partial charge in [-0.15, -0.1) is 11.7 Å². The van der Waals surface area contributed by atoms with E-state index in [0.717, 1.165) is 25.2 Å². The predicted octanol–water partition coefficient (Wildman–Crippen LogP) is 0.851. The molecule has 118 valence electrons. The first kappa shape index (κ1) is 14.9. The Balaban J connectivity index is 1.80. The van der Waals surface area contributed by atoms with Crippen LogP contribution in [0, 0.1) is 0 Å². The van der Waals surface area contributed by atoms with E-state index in [9.17, 15) is 0 Å². The average Bonchev–Trinajstić information content (AvgIpc) is 3.08. The smallest absolute Gasteiger partial charge is 0.105 e. The fraction of sp³-hybridized carbons (Fsp3) is 0.533. The van der Waals surface area contributed by atoms with Crippen LogP contribution in [0.1, 0.15) is 23.0 Å². The van der Waals surface area contributed by atoms with Crippen molar-refractivity contribution in [3.63, 3.8) is 0 Å². The van der Waals surface area contributed by atoms with Gasteiger partial charge in [-0.2, -0.15) is 5.10 Å². The third-order valence-electron chi connectivity index (χ3n) is 4.02. The van der Waals surface area contributed by atoms with Crippen LogP contribution >= 0.6 is 0 Å². The van der Waals surface area contributed by atoms with Crippen LogP contribution in [0.5, 0.6) is 0 Å². The van der Waals surface area contributed by atoms with E-state index in [4.69, 9.17) is 4.74 Å². The second-order valence-electron chi connectivity index (χ2n) is 5.63. The SMILES string of the molecule is C=CCOC[C@@H]1c2nnn(C)c2CCN1Cc1cnn(C)c1. The molecule has 3 heterocycles. The molecular weight excluding hydrogens is 280 g/mol. The number of rotatable bonds is 6. The van der Waals surface area contributed by atoms with Crippen molar-refractivity contribution in [2.24, 2.45) is 14.1 Å². The molecule has 0 aliphatic carbocycles. The van der Waals surface area contributed by atoms with Crippen molar-refractivity contribution in [1.82, 2.24) is 29.7 Å². The molecule has 1 atom stereocenters. The summed E-state index contributed by atoms with van der Waals surface area (Å²) >= 11 is 0. The summed E-state index contributed by atoms with van der Waals surface area (Å²) < 4.78 is 9.41. The monoisotopic (exact) mass is 302 g/mol. The molecule has 1 aliphatic heterocycles. The van der Waals surface area contributed by atoms with Crippen LogP contribution in [0.2, 0.25) is 0 Å². The van der Waals surface area contributed by atoms with Crippen LogP contribution in [-0.2, 0) is 31.8 Å². The molecule has 0 bridgehead atoms. The summed E-state index contributed by atoms with van der Waals surface area (Å²) in [6, 6.07) is 0.123. The van der Waals surface area contributed by atoms with Gasteiger partial charge in [-0.3, -0.25) is 14.3 Å². The molecule has 7 heteroatoms. The first-order chi connectivity index (χ1) is 10.7. The van der Waals surface area contributed by atoms with Crippen molar-refractivity contribution >= 4 is 0 Å². The Morgan fingerprint density at radius 1 is 1.45 bits per heavy atom. The highest BCUT2D eigenvalue weighted by atomic mass is 16.5. The fourth-order valence-electron chi connectivity index (χ4n) is 2.94. The zero-order valence-corrected chi connectivity index (χ0v) is 13.1. The van der Waals surface area contributed by atoms with Crippen LogP contribution in [0.3, 0.4) is 0 Å². The molecule has 0 spiro atoms. The molecule has 7 nitrogen and oxygen atoms in total. The van der Waals surface area contributed by atoms with Crippen LogP contribution in [0.4, 0.5) is 0 Å². The van der Waals surface area contributed by atoms with E-state index in [2.05, 4.69) is 26.9 Å². The summed E-state index contributed by atoms with van der Waals surface area (Å²) in [5.41, 5.74) is 3.43. The van der Waals surface area contributed by atoms with Gasteiger partial charge in [0.15, 0.2) is 0 Å². The molecule has 0 saturated carbocycles. The highest BCUT2D eigenvalue weighted by molar-refractivity contribution is 5.20. The minimum atomic E-state index is 0.123. The summed E-state index contributed by atoms with van der Waals surface area (Å²) in [4.78, 5) is 2.39. The first-order valence-corrected chi connectivity index (χ1v) is 7.47. The van der Waals surface area contributed by atoms with E-state index in [1.54, 1.807) is 6.08 Å². The summed E-state index contributed by atoms with van der Waals surface area (Å²) in [7, 11) is 3.88. The number of fused-ring (bicyclic) bond motifs is 1. The highest BCUT2D eigenvalue weighted by Crippen LogP contribution is 2.29. The van der Waals surface area contributed by atoms with E-state index in [1.165, 1.54) is 11.3 Å². The summed E-state index contributed by atoms with van der Waals surface area (Å²) in [5, 5.41) is 12.8.